The molecule has 2 fully saturated rings. The van der Waals surface area contributed by atoms with E-state index in [9.17, 15) is 9.59 Å². The molecule has 2 rings (SSSR count). The van der Waals surface area contributed by atoms with Gasteiger partial charge in [-0.15, -0.1) is 0 Å². The van der Waals surface area contributed by atoms with Crippen LogP contribution in [0.5, 0.6) is 0 Å². The van der Waals surface area contributed by atoms with Crippen LogP contribution in [0, 0.1) is 5.92 Å². The summed E-state index contributed by atoms with van der Waals surface area (Å²) in [5.41, 5.74) is 0. The molecule has 2 aliphatic rings. The maximum absolute atomic E-state index is 12.9. The van der Waals surface area contributed by atoms with Gasteiger partial charge in [0, 0.05) is 24.3 Å². The molecule has 2 amide bonds. The Morgan fingerprint density at radius 1 is 1.33 bits per heavy atom. The molecule has 120 valence electrons. The highest BCUT2D eigenvalue weighted by Gasteiger charge is 2.40. The zero-order chi connectivity index (χ0) is 15.4. The molecule has 4 nitrogen and oxygen atoms in total. The zero-order valence-corrected chi connectivity index (χ0v) is 14.2. The lowest BCUT2D eigenvalue weighted by molar-refractivity contribution is -0.136. The molecule has 1 heterocycles. The third kappa shape index (κ3) is 3.74. The van der Waals surface area contributed by atoms with Gasteiger partial charge in [-0.25, -0.2) is 0 Å². The topological polar surface area (TPSA) is 49.4 Å². The maximum atomic E-state index is 12.9. The van der Waals surface area contributed by atoms with E-state index < -0.39 is 0 Å². The highest BCUT2D eigenvalue weighted by molar-refractivity contribution is 7.99. The first kappa shape index (κ1) is 16.7. The van der Waals surface area contributed by atoms with Gasteiger partial charge >= 0.3 is 0 Å². The van der Waals surface area contributed by atoms with Crippen LogP contribution in [0.25, 0.3) is 0 Å². The van der Waals surface area contributed by atoms with Gasteiger partial charge in [-0.1, -0.05) is 33.6 Å². The smallest absolute Gasteiger partial charge is 0.245 e. The minimum Gasteiger partial charge on any atom is -0.344 e. The Bertz CT molecular complexity index is 388. The molecule has 1 saturated heterocycles. The van der Waals surface area contributed by atoms with Crippen LogP contribution in [0.4, 0.5) is 0 Å². The van der Waals surface area contributed by atoms with Crippen molar-refractivity contribution in [2.75, 3.05) is 12.3 Å². The first-order valence-electron chi connectivity index (χ1n) is 8.29. The van der Waals surface area contributed by atoms with E-state index in [1.54, 1.807) is 0 Å². The van der Waals surface area contributed by atoms with E-state index in [2.05, 4.69) is 26.1 Å². The van der Waals surface area contributed by atoms with Crippen LogP contribution in [-0.2, 0) is 9.59 Å². The molecule has 1 N–H and O–H groups in total. The maximum Gasteiger partial charge on any atom is 0.245 e. The van der Waals surface area contributed by atoms with Gasteiger partial charge in [0.2, 0.25) is 11.8 Å². The summed E-state index contributed by atoms with van der Waals surface area (Å²) >= 11 is 1.97. The number of rotatable bonds is 5. The van der Waals surface area contributed by atoms with Crippen molar-refractivity contribution in [2.45, 2.75) is 70.2 Å². The number of carbonyl (C=O) groups excluding carboxylic acids is 2. The molecule has 1 saturated carbocycles. The molecule has 1 aliphatic carbocycles. The molecular formula is C16H28N2O2S. The van der Waals surface area contributed by atoms with Crippen molar-refractivity contribution in [3.8, 4) is 0 Å². The van der Waals surface area contributed by atoms with Crippen LogP contribution in [0.2, 0.25) is 0 Å². The number of nitrogens with one attached hydrogen (secondary N) is 1. The zero-order valence-electron chi connectivity index (χ0n) is 13.4. The molecule has 0 aromatic carbocycles. The van der Waals surface area contributed by atoms with Gasteiger partial charge < -0.3 is 10.2 Å². The fourth-order valence-corrected chi connectivity index (χ4v) is 4.71. The highest BCUT2D eigenvalue weighted by Crippen LogP contribution is 2.34. The summed E-state index contributed by atoms with van der Waals surface area (Å²) in [6, 6.07) is -0.0143. The number of nitrogens with zero attached hydrogens (tertiary/aromatic N) is 1. The van der Waals surface area contributed by atoms with Crippen LogP contribution < -0.4 is 5.32 Å². The van der Waals surface area contributed by atoms with Gasteiger partial charge in [-0.05, 0) is 24.5 Å². The Balaban J connectivity index is 2.17. The van der Waals surface area contributed by atoms with Gasteiger partial charge in [-0.3, -0.25) is 9.59 Å². The third-order valence-electron chi connectivity index (χ3n) is 4.86. The van der Waals surface area contributed by atoms with Crippen molar-refractivity contribution in [2.24, 2.45) is 5.92 Å². The van der Waals surface area contributed by atoms with Crippen molar-refractivity contribution >= 4 is 23.6 Å². The lowest BCUT2D eigenvalue weighted by Crippen LogP contribution is -2.52. The van der Waals surface area contributed by atoms with E-state index >= 15 is 0 Å². The van der Waals surface area contributed by atoms with Crippen molar-refractivity contribution in [3.63, 3.8) is 0 Å². The largest absolute Gasteiger partial charge is 0.344 e. The normalized spacial score (nSPS) is 32.0. The standard InChI is InChI=1S/C16H28N2O2S/c1-4-11(3)15-16(20)18(10-9-14(19)17-15)12-7-6-8-13(12)21-5-2/h11-13,15H,4-10H2,1-3H3,(H,17,19). The molecule has 1 aliphatic heterocycles. The fraction of sp³-hybridized carbons (Fsp3) is 0.875. The van der Waals surface area contributed by atoms with E-state index in [0.29, 0.717) is 24.3 Å². The highest BCUT2D eigenvalue weighted by atomic mass is 32.2. The first-order chi connectivity index (χ1) is 10.1. The van der Waals surface area contributed by atoms with E-state index in [-0.39, 0.29) is 23.8 Å². The van der Waals surface area contributed by atoms with Gasteiger partial charge in [-0.2, -0.15) is 11.8 Å². The minimum atomic E-state index is -0.335. The van der Waals surface area contributed by atoms with Gasteiger partial charge in [0.25, 0.3) is 0 Å². The molecule has 0 spiro atoms. The monoisotopic (exact) mass is 312 g/mol. The number of carbonyl (C=O) groups is 2. The van der Waals surface area contributed by atoms with E-state index in [1.165, 1.54) is 12.8 Å². The van der Waals surface area contributed by atoms with E-state index in [1.807, 2.05) is 16.7 Å². The molecule has 5 heteroatoms. The van der Waals surface area contributed by atoms with Crippen LogP contribution >= 0.6 is 11.8 Å². The number of amides is 2. The summed E-state index contributed by atoms with van der Waals surface area (Å²) in [5.74, 6) is 1.45. The Morgan fingerprint density at radius 2 is 2.10 bits per heavy atom. The van der Waals surface area contributed by atoms with Crippen LogP contribution in [0.1, 0.15) is 52.9 Å². The fourth-order valence-electron chi connectivity index (χ4n) is 3.44. The van der Waals surface area contributed by atoms with Gasteiger partial charge in [0.1, 0.15) is 6.04 Å². The second-order valence-corrected chi connectivity index (χ2v) is 7.72. The van der Waals surface area contributed by atoms with Crippen molar-refractivity contribution in [1.29, 1.82) is 0 Å². The Labute approximate surface area is 132 Å². The second kappa shape index (κ2) is 7.52. The SMILES string of the molecule is CCSC1CCCC1N1CCC(=O)NC(C(C)CC)C1=O. The van der Waals surface area contributed by atoms with Crippen LogP contribution in [0.3, 0.4) is 0 Å². The minimum absolute atomic E-state index is 0.0221. The average molecular weight is 312 g/mol. The quantitative estimate of drug-likeness (QED) is 0.848. The molecule has 0 aromatic rings. The molecule has 21 heavy (non-hydrogen) atoms. The molecule has 4 atom stereocenters. The van der Waals surface area contributed by atoms with Crippen LogP contribution in [-0.4, -0.2) is 46.3 Å². The van der Waals surface area contributed by atoms with E-state index in [0.717, 1.165) is 18.6 Å². The lowest BCUT2D eigenvalue weighted by Gasteiger charge is -2.34. The summed E-state index contributed by atoms with van der Waals surface area (Å²) < 4.78 is 0. The predicted molar refractivity (Wildman–Crippen MR) is 87.3 cm³/mol. The Hall–Kier alpha value is -0.710. The van der Waals surface area contributed by atoms with E-state index in [4.69, 9.17) is 0 Å². The summed E-state index contributed by atoms with van der Waals surface area (Å²) in [5, 5.41) is 3.49. The summed E-state index contributed by atoms with van der Waals surface area (Å²) in [7, 11) is 0. The second-order valence-electron chi connectivity index (χ2n) is 6.20. The predicted octanol–water partition coefficient (Wildman–Crippen LogP) is 2.42. The van der Waals surface area contributed by atoms with Gasteiger partial charge in [0.15, 0.2) is 0 Å². The first-order valence-corrected chi connectivity index (χ1v) is 9.34. The number of thioether (sulfide) groups is 1. The number of hydrogen-bond donors (Lipinski definition) is 1. The lowest BCUT2D eigenvalue weighted by atomic mass is 9.97. The van der Waals surface area contributed by atoms with Gasteiger partial charge in [0.05, 0.1) is 0 Å². The third-order valence-corrected chi connectivity index (χ3v) is 6.17. The molecular weight excluding hydrogens is 284 g/mol. The average Bonchev–Trinajstić information content (AvgIpc) is 2.86. The van der Waals surface area contributed by atoms with Crippen molar-refractivity contribution < 1.29 is 9.59 Å². The summed E-state index contributed by atoms with van der Waals surface area (Å²) in [6.07, 6.45) is 4.83. The van der Waals surface area contributed by atoms with Crippen LogP contribution in [0.15, 0.2) is 0 Å². The van der Waals surface area contributed by atoms with Crippen molar-refractivity contribution in [1.82, 2.24) is 10.2 Å². The molecule has 4 unspecified atom stereocenters. The Morgan fingerprint density at radius 3 is 2.76 bits per heavy atom. The Kier molecular flexibility index (Phi) is 5.97. The number of hydrogen-bond acceptors (Lipinski definition) is 3. The summed E-state index contributed by atoms with van der Waals surface area (Å²) in [4.78, 5) is 26.9. The molecule has 0 aromatic heterocycles. The summed E-state index contributed by atoms with van der Waals surface area (Å²) in [6.45, 7) is 6.89. The van der Waals surface area contributed by atoms with Crippen molar-refractivity contribution in [3.05, 3.63) is 0 Å². The molecule has 0 bridgehead atoms. The molecule has 0 radical (unpaired) electrons.